The minimum Gasteiger partial charge on any atom is -0.507 e. The first-order valence-corrected chi connectivity index (χ1v) is 12.3. The topological polar surface area (TPSA) is 38.7 Å². The number of ether oxygens (including phenoxy) is 2. The Labute approximate surface area is 171 Å². The van der Waals surface area contributed by atoms with Crippen LogP contribution in [0.4, 0.5) is 0 Å². The largest absolute Gasteiger partial charge is 0.507 e. The van der Waals surface area contributed by atoms with Crippen molar-refractivity contribution in [3.05, 3.63) is 35.4 Å². The second-order valence-electron chi connectivity index (χ2n) is 8.50. The lowest BCUT2D eigenvalue weighted by atomic mass is 9.99. The average Bonchev–Trinajstić information content (AvgIpc) is 2.61. The van der Waals surface area contributed by atoms with Gasteiger partial charge in [0.1, 0.15) is 19.6 Å². The Morgan fingerprint density at radius 2 is 1.61 bits per heavy atom. The highest BCUT2D eigenvalue weighted by molar-refractivity contribution is 6.90. The highest BCUT2D eigenvalue weighted by Gasteiger charge is 2.41. The summed E-state index contributed by atoms with van der Waals surface area (Å²) in [6.45, 7) is 16.1. The van der Waals surface area contributed by atoms with Crippen LogP contribution in [0.1, 0.15) is 52.7 Å². The molecule has 1 N–H and O–H groups in total. The molecular weight excluding hydrogens is 364 g/mol. The van der Waals surface area contributed by atoms with Crippen LogP contribution in [-0.2, 0) is 4.74 Å². The number of fused-ring (bicyclic) bond motifs is 1. The Bertz CT molecular complexity index is 866. The van der Waals surface area contributed by atoms with Crippen LogP contribution in [0.25, 0.3) is 10.8 Å². The minimum absolute atomic E-state index is 0.148. The van der Waals surface area contributed by atoms with E-state index in [0.29, 0.717) is 22.4 Å². The third-order valence-electron chi connectivity index (χ3n) is 5.89. The van der Waals surface area contributed by atoms with Crippen molar-refractivity contribution in [1.82, 2.24) is 0 Å². The summed E-state index contributed by atoms with van der Waals surface area (Å²) in [4.78, 5) is 0. The van der Waals surface area contributed by atoms with Crippen LogP contribution in [0.2, 0.25) is 16.6 Å². The van der Waals surface area contributed by atoms with Gasteiger partial charge in [0.2, 0.25) is 0 Å². The van der Waals surface area contributed by atoms with Gasteiger partial charge >= 0.3 is 0 Å². The molecule has 0 heterocycles. The summed E-state index contributed by atoms with van der Waals surface area (Å²) in [6, 6.07) is 7.64. The van der Waals surface area contributed by atoms with Crippen molar-refractivity contribution in [2.75, 3.05) is 13.9 Å². The Kier molecular flexibility index (Phi) is 7.20. The fraction of sp³-hybridized carbons (Fsp3) is 0.500. The fourth-order valence-electron chi connectivity index (χ4n) is 4.50. The van der Waals surface area contributed by atoms with Crippen molar-refractivity contribution < 1.29 is 14.6 Å². The lowest BCUT2D eigenvalue weighted by Crippen LogP contribution is -2.43. The lowest BCUT2D eigenvalue weighted by molar-refractivity contribution is 0.0511. The number of hydrogen-bond acceptors (Lipinski definition) is 3. The molecule has 0 aliphatic carbocycles. The Balaban J connectivity index is 2.68. The zero-order valence-electron chi connectivity index (χ0n) is 18.5. The molecule has 0 saturated heterocycles. The number of phenols is 1. The highest BCUT2D eigenvalue weighted by Crippen LogP contribution is 2.41. The van der Waals surface area contributed by atoms with Crippen molar-refractivity contribution in [3.8, 4) is 23.0 Å². The molecule has 0 unspecified atom stereocenters. The molecule has 2 rings (SSSR count). The molecule has 0 spiro atoms. The molecule has 28 heavy (non-hydrogen) atoms. The molecule has 0 atom stereocenters. The van der Waals surface area contributed by atoms with E-state index < -0.39 is 8.07 Å². The van der Waals surface area contributed by atoms with E-state index in [1.54, 1.807) is 13.2 Å². The van der Waals surface area contributed by atoms with Gasteiger partial charge < -0.3 is 14.6 Å². The second kappa shape index (κ2) is 9.02. The summed E-state index contributed by atoms with van der Waals surface area (Å²) >= 11 is 0. The lowest BCUT2D eigenvalue weighted by Gasteiger charge is -2.38. The molecular formula is C24H34O3Si. The van der Waals surface area contributed by atoms with Gasteiger partial charge in [-0.2, -0.15) is 0 Å². The van der Waals surface area contributed by atoms with Crippen molar-refractivity contribution in [2.24, 2.45) is 0 Å². The van der Waals surface area contributed by atoms with E-state index in [0.717, 1.165) is 21.9 Å². The molecule has 2 aromatic carbocycles. The third-order valence-corrected chi connectivity index (χ3v) is 12.2. The predicted molar refractivity (Wildman–Crippen MR) is 121 cm³/mol. The van der Waals surface area contributed by atoms with Crippen molar-refractivity contribution in [2.45, 2.75) is 65.1 Å². The first-order chi connectivity index (χ1) is 13.1. The highest BCUT2D eigenvalue weighted by atomic mass is 28.3. The summed E-state index contributed by atoms with van der Waals surface area (Å²) < 4.78 is 10.5. The van der Waals surface area contributed by atoms with E-state index in [1.165, 1.54) is 0 Å². The van der Waals surface area contributed by atoms with Crippen LogP contribution in [-0.4, -0.2) is 27.1 Å². The van der Waals surface area contributed by atoms with Crippen molar-refractivity contribution >= 4 is 18.8 Å². The maximum atomic E-state index is 10.7. The van der Waals surface area contributed by atoms with Gasteiger partial charge in [0.25, 0.3) is 0 Å². The fourth-order valence-corrected chi connectivity index (χ4v) is 9.70. The Morgan fingerprint density at radius 1 is 1.00 bits per heavy atom. The first kappa shape index (κ1) is 22.3. The smallest absolute Gasteiger partial charge is 0.188 e. The molecule has 4 heteroatoms. The molecule has 0 radical (unpaired) electrons. The van der Waals surface area contributed by atoms with Crippen LogP contribution in [0, 0.1) is 18.4 Å². The molecule has 152 valence electrons. The third kappa shape index (κ3) is 4.21. The standard InChI is InChI=1S/C24H34O3Si/c1-16(2)28(17(3)4,18(5)6)12-11-22-19(7)9-10-20-13-21(27-15-26-8)14-23(25)24(20)22/h9-10,13-14,16-18,25H,15H2,1-8H3. The van der Waals surface area contributed by atoms with E-state index in [2.05, 4.69) is 66.0 Å². The summed E-state index contributed by atoms with van der Waals surface area (Å²) in [5, 5.41) is 12.5. The summed E-state index contributed by atoms with van der Waals surface area (Å²) in [7, 11) is -0.275. The van der Waals surface area contributed by atoms with E-state index >= 15 is 0 Å². The number of phenolic OH excluding ortho intramolecular Hbond substituents is 1. The van der Waals surface area contributed by atoms with Gasteiger partial charge in [-0.3, -0.25) is 0 Å². The number of rotatable bonds is 6. The molecule has 3 nitrogen and oxygen atoms in total. The predicted octanol–water partition coefficient (Wildman–Crippen LogP) is 6.41. The van der Waals surface area contributed by atoms with Gasteiger partial charge in [0.05, 0.1) is 0 Å². The normalized spacial score (nSPS) is 12.0. The van der Waals surface area contributed by atoms with Gasteiger partial charge in [0, 0.05) is 24.1 Å². The van der Waals surface area contributed by atoms with Crippen molar-refractivity contribution in [1.29, 1.82) is 0 Å². The van der Waals surface area contributed by atoms with Crippen LogP contribution in [0.5, 0.6) is 11.5 Å². The summed E-state index contributed by atoms with van der Waals surface area (Å²) in [6.07, 6.45) is 0. The molecule has 2 aromatic rings. The van der Waals surface area contributed by atoms with Gasteiger partial charge in [0.15, 0.2) is 6.79 Å². The Morgan fingerprint density at radius 3 is 2.14 bits per heavy atom. The summed E-state index contributed by atoms with van der Waals surface area (Å²) in [5.41, 5.74) is 7.49. The zero-order valence-corrected chi connectivity index (χ0v) is 19.5. The maximum Gasteiger partial charge on any atom is 0.188 e. The van der Waals surface area contributed by atoms with E-state index in [1.807, 2.05) is 12.1 Å². The minimum atomic E-state index is -1.85. The van der Waals surface area contributed by atoms with Crippen LogP contribution in [0.3, 0.4) is 0 Å². The number of hydrogen-bond donors (Lipinski definition) is 1. The molecule has 0 aromatic heterocycles. The maximum absolute atomic E-state index is 10.7. The molecule has 0 aliphatic rings. The van der Waals surface area contributed by atoms with Crippen molar-refractivity contribution in [3.63, 3.8) is 0 Å². The molecule has 0 amide bonds. The van der Waals surface area contributed by atoms with E-state index in [9.17, 15) is 5.11 Å². The SMILES string of the molecule is COCOc1cc(O)c2c(C#C[Si](C(C)C)(C(C)C)C(C)C)c(C)ccc2c1. The van der Waals surface area contributed by atoms with Crippen LogP contribution >= 0.6 is 0 Å². The molecule has 0 bridgehead atoms. The molecule has 0 fully saturated rings. The number of aromatic hydroxyl groups is 1. The van der Waals surface area contributed by atoms with E-state index in [4.69, 9.17) is 9.47 Å². The monoisotopic (exact) mass is 398 g/mol. The van der Waals surface area contributed by atoms with Gasteiger partial charge in [-0.1, -0.05) is 59.6 Å². The van der Waals surface area contributed by atoms with Gasteiger partial charge in [-0.15, -0.1) is 5.54 Å². The summed E-state index contributed by atoms with van der Waals surface area (Å²) in [5.74, 6) is 4.32. The van der Waals surface area contributed by atoms with Gasteiger partial charge in [-0.05, 0) is 40.6 Å². The van der Waals surface area contributed by atoms with E-state index in [-0.39, 0.29) is 12.5 Å². The molecule has 0 saturated carbocycles. The molecule has 0 aliphatic heterocycles. The first-order valence-electron chi connectivity index (χ1n) is 10.1. The van der Waals surface area contributed by atoms with Gasteiger partial charge in [-0.25, -0.2) is 0 Å². The Hall–Kier alpha value is -1.96. The average molecular weight is 399 g/mol. The quantitative estimate of drug-likeness (QED) is 0.347. The number of benzene rings is 2. The van der Waals surface area contributed by atoms with Crippen LogP contribution < -0.4 is 4.74 Å². The zero-order chi connectivity index (χ0) is 21.1. The number of aryl methyl sites for hydroxylation is 1. The number of methoxy groups -OCH3 is 1. The second-order valence-corrected chi connectivity index (χ2v) is 14.1. The van der Waals surface area contributed by atoms with Crippen LogP contribution in [0.15, 0.2) is 24.3 Å².